The quantitative estimate of drug-likeness (QED) is 0.386. The summed E-state index contributed by atoms with van der Waals surface area (Å²) in [5.74, 6) is 0.307. The molecule has 1 aromatic carbocycles. The van der Waals surface area contributed by atoms with E-state index >= 15 is 0 Å². The number of aromatic nitrogens is 1. The van der Waals surface area contributed by atoms with Crippen molar-refractivity contribution in [2.24, 2.45) is 5.10 Å². The molecule has 0 spiro atoms. The molecule has 0 aliphatic rings. The van der Waals surface area contributed by atoms with E-state index in [2.05, 4.69) is 15.5 Å². The lowest BCUT2D eigenvalue weighted by molar-refractivity contribution is -0.385. The van der Waals surface area contributed by atoms with Gasteiger partial charge in [-0.15, -0.1) is 0 Å². The van der Waals surface area contributed by atoms with Crippen molar-refractivity contribution in [3.8, 4) is 11.3 Å². The first-order valence-corrected chi connectivity index (χ1v) is 7.78. The molecular formula is C18H14N4O5. The lowest BCUT2D eigenvalue weighted by atomic mass is 10.0. The standard InChI is InChI=1S/C18H14N4O5/c1-11-14(3-2-4-15(11)18(23)24)16-7-6-13(27-16)10-20-21-17-8-5-12(9-19-17)22(25)26/h2-10H,1H3,(H,19,21)(H,23,24)/b20-10+. The maximum absolute atomic E-state index is 11.2. The normalized spacial score (nSPS) is 10.9. The first kappa shape index (κ1) is 17.8. The van der Waals surface area contributed by atoms with Crippen molar-refractivity contribution in [1.29, 1.82) is 0 Å². The number of furan rings is 1. The number of hydrogen-bond donors (Lipinski definition) is 2. The van der Waals surface area contributed by atoms with E-state index in [1.807, 2.05) is 0 Å². The number of pyridine rings is 1. The highest BCUT2D eigenvalue weighted by Gasteiger charge is 2.13. The maximum Gasteiger partial charge on any atom is 0.335 e. The van der Waals surface area contributed by atoms with Crippen molar-refractivity contribution in [1.82, 2.24) is 4.98 Å². The van der Waals surface area contributed by atoms with Crippen LogP contribution in [0.3, 0.4) is 0 Å². The summed E-state index contributed by atoms with van der Waals surface area (Å²) in [6.45, 7) is 1.72. The van der Waals surface area contributed by atoms with Crippen LogP contribution < -0.4 is 5.43 Å². The minimum absolute atomic E-state index is 0.112. The van der Waals surface area contributed by atoms with Crippen LogP contribution in [0.5, 0.6) is 0 Å². The number of carboxylic acids is 1. The Hall–Kier alpha value is -4.01. The van der Waals surface area contributed by atoms with Gasteiger partial charge in [0.05, 0.1) is 16.7 Å². The average molecular weight is 366 g/mol. The molecule has 0 saturated heterocycles. The van der Waals surface area contributed by atoms with Gasteiger partial charge in [-0.1, -0.05) is 12.1 Å². The van der Waals surface area contributed by atoms with Crippen LogP contribution in [0, 0.1) is 17.0 Å². The van der Waals surface area contributed by atoms with E-state index in [9.17, 15) is 20.0 Å². The predicted molar refractivity (Wildman–Crippen MR) is 97.9 cm³/mol. The highest BCUT2D eigenvalue weighted by molar-refractivity contribution is 5.91. The molecule has 136 valence electrons. The minimum Gasteiger partial charge on any atom is -0.478 e. The molecule has 0 fully saturated rings. The first-order chi connectivity index (χ1) is 13.0. The topological polar surface area (TPSA) is 131 Å². The number of carboxylic acid groups (broad SMARTS) is 1. The van der Waals surface area contributed by atoms with E-state index in [-0.39, 0.29) is 11.3 Å². The molecule has 2 heterocycles. The Morgan fingerprint density at radius 1 is 1.30 bits per heavy atom. The molecule has 0 bridgehead atoms. The van der Waals surface area contributed by atoms with Gasteiger partial charge < -0.3 is 9.52 Å². The van der Waals surface area contributed by atoms with Crippen LogP contribution in [-0.4, -0.2) is 27.2 Å². The molecule has 0 atom stereocenters. The van der Waals surface area contributed by atoms with Crippen molar-refractivity contribution >= 4 is 23.7 Å². The summed E-state index contributed by atoms with van der Waals surface area (Å²) < 4.78 is 5.68. The molecule has 0 aliphatic heterocycles. The van der Waals surface area contributed by atoms with Crippen LogP contribution in [0.2, 0.25) is 0 Å². The number of benzene rings is 1. The molecular weight excluding hydrogens is 352 g/mol. The number of rotatable bonds is 6. The van der Waals surface area contributed by atoms with Gasteiger partial charge in [-0.25, -0.2) is 9.78 Å². The Morgan fingerprint density at radius 3 is 2.78 bits per heavy atom. The average Bonchev–Trinajstić information content (AvgIpc) is 3.10. The summed E-state index contributed by atoms with van der Waals surface area (Å²) in [7, 11) is 0. The second-order valence-electron chi connectivity index (χ2n) is 5.51. The first-order valence-electron chi connectivity index (χ1n) is 7.78. The van der Waals surface area contributed by atoms with E-state index < -0.39 is 10.9 Å². The van der Waals surface area contributed by atoms with E-state index in [0.29, 0.717) is 28.5 Å². The van der Waals surface area contributed by atoms with E-state index in [4.69, 9.17) is 4.42 Å². The van der Waals surface area contributed by atoms with Gasteiger partial charge in [0, 0.05) is 11.6 Å². The van der Waals surface area contributed by atoms with Crippen molar-refractivity contribution in [2.45, 2.75) is 6.92 Å². The lowest BCUT2D eigenvalue weighted by Crippen LogP contribution is -2.00. The molecule has 3 rings (SSSR count). The van der Waals surface area contributed by atoms with Gasteiger partial charge in [-0.3, -0.25) is 15.5 Å². The smallest absolute Gasteiger partial charge is 0.335 e. The van der Waals surface area contributed by atoms with E-state index in [1.165, 1.54) is 24.4 Å². The van der Waals surface area contributed by atoms with Crippen LogP contribution in [0.1, 0.15) is 21.7 Å². The Kier molecular flexibility index (Phi) is 4.93. The number of anilines is 1. The number of nitro groups is 1. The van der Waals surface area contributed by atoms with Gasteiger partial charge >= 0.3 is 5.97 Å². The molecule has 0 aliphatic carbocycles. The molecule has 9 heteroatoms. The van der Waals surface area contributed by atoms with Crippen molar-refractivity contribution in [3.63, 3.8) is 0 Å². The summed E-state index contributed by atoms with van der Waals surface area (Å²) in [6.07, 6.45) is 2.55. The predicted octanol–water partition coefficient (Wildman–Crippen LogP) is 3.70. The highest BCUT2D eigenvalue weighted by Crippen LogP contribution is 2.27. The van der Waals surface area contributed by atoms with Gasteiger partial charge in [-0.2, -0.15) is 5.10 Å². The fourth-order valence-electron chi connectivity index (χ4n) is 2.42. The van der Waals surface area contributed by atoms with Gasteiger partial charge in [0.15, 0.2) is 0 Å². The molecule has 2 N–H and O–H groups in total. The second kappa shape index (κ2) is 7.48. The summed E-state index contributed by atoms with van der Waals surface area (Å²) in [5, 5.41) is 23.8. The Labute approximate surface area is 153 Å². The number of nitrogens with zero attached hydrogens (tertiary/aromatic N) is 3. The number of carbonyl (C=O) groups is 1. The van der Waals surface area contributed by atoms with Crippen LogP contribution in [0.4, 0.5) is 11.5 Å². The third kappa shape index (κ3) is 3.98. The van der Waals surface area contributed by atoms with Crippen molar-refractivity contribution in [2.75, 3.05) is 5.43 Å². The zero-order valence-corrected chi connectivity index (χ0v) is 14.1. The van der Waals surface area contributed by atoms with Crippen LogP contribution in [0.25, 0.3) is 11.3 Å². The zero-order chi connectivity index (χ0) is 19.4. The fourth-order valence-corrected chi connectivity index (χ4v) is 2.42. The van der Waals surface area contributed by atoms with Crippen molar-refractivity contribution in [3.05, 3.63) is 75.7 Å². The number of aromatic carboxylic acids is 1. The van der Waals surface area contributed by atoms with E-state index in [1.54, 1.807) is 31.2 Å². The van der Waals surface area contributed by atoms with Gasteiger partial charge in [-0.05, 0) is 36.8 Å². The summed E-state index contributed by atoms with van der Waals surface area (Å²) in [5.41, 5.74) is 4.03. The molecule has 0 radical (unpaired) electrons. The monoisotopic (exact) mass is 366 g/mol. The highest BCUT2D eigenvalue weighted by atomic mass is 16.6. The molecule has 2 aromatic heterocycles. The van der Waals surface area contributed by atoms with E-state index in [0.717, 1.165) is 6.20 Å². The van der Waals surface area contributed by atoms with Gasteiger partial charge in [0.1, 0.15) is 23.5 Å². The third-order valence-electron chi connectivity index (χ3n) is 3.79. The van der Waals surface area contributed by atoms with Crippen LogP contribution >= 0.6 is 0 Å². The van der Waals surface area contributed by atoms with Crippen molar-refractivity contribution < 1.29 is 19.2 Å². The molecule has 0 unspecified atom stereocenters. The van der Waals surface area contributed by atoms with Crippen LogP contribution in [-0.2, 0) is 0 Å². The summed E-state index contributed by atoms with van der Waals surface area (Å²) in [6, 6.07) is 11.1. The molecule has 27 heavy (non-hydrogen) atoms. The fraction of sp³-hybridized carbons (Fsp3) is 0.0556. The number of hydrogen-bond acceptors (Lipinski definition) is 7. The number of hydrazone groups is 1. The second-order valence-corrected chi connectivity index (χ2v) is 5.51. The Bertz CT molecular complexity index is 1020. The molecule has 0 saturated carbocycles. The van der Waals surface area contributed by atoms with Gasteiger partial charge in [0.25, 0.3) is 5.69 Å². The zero-order valence-electron chi connectivity index (χ0n) is 14.1. The summed E-state index contributed by atoms with van der Waals surface area (Å²) >= 11 is 0. The number of nitrogens with one attached hydrogen (secondary N) is 1. The van der Waals surface area contributed by atoms with Crippen LogP contribution in [0.15, 0.2) is 58.2 Å². The molecule has 3 aromatic rings. The molecule has 9 nitrogen and oxygen atoms in total. The molecule has 0 amide bonds. The maximum atomic E-state index is 11.2. The minimum atomic E-state index is -0.998. The Morgan fingerprint density at radius 2 is 2.11 bits per heavy atom. The SMILES string of the molecule is Cc1c(C(=O)O)cccc1-c1ccc(/C=N/Nc2ccc([N+](=O)[O-])cn2)o1. The third-order valence-corrected chi connectivity index (χ3v) is 3.79. The lowest BCUT2D eigenvalue weighted by Gasteiger charge is -2.05. The largest absolute Gasteiger partial charge is 0.478 e. The summed E-state index contributed by atoms with van der Waals surface area (Å²) in [4.78, 5) is 25.2. The Balaban J connectivity index is 1.73. The van der Waals surface area contributed by atoms with Gasteiger partial charge in [0.2, 0.25) is 0 Å².